The third-order valence-electron chi connectivity index (χ3n) is 3.87. The average molecular weight is 320 g/mol. The molecule has 0 saturated carbocycles. The molecule has 4 heteroatoms. The number of nitrogens with zero attached hydrogens (tertiary/aromatic N) is 3. The zero-order valence-electron chi connectivity index (χ0n) is 12.6. The Labute approximate surface area is 139 Å². The van der Waals surface area contributed by atoms with E-state index in [1.807, 2.05) is 48.0 Å². The first-order valence-corrected chi connectivity index (χ1v) is 7.76. The SMILES string of the molecule is Cc1cn(-c2nc(Cl)c(-c3ccccc3)c3ccccc23)cn1. The van der Waals surface area contributed by atoms with E-state index in [9.17, 15) is 0 Å². The lowest BCUT2D eigenvalue weighted by atomic mass is 10.0. The van der Waals surface area contributed by atoms with Crippen molar-refractivity contribution in [2.24, 2.45) is 0 Å². The number of fused-ring (bicyclic) bond motifs is 1. The minimum atomic E-state index is 0.497. The average Bonchev–Trinajstić information content (AvgIpc) is 3.01. The van der Waals surface area contributed by atoms with Gasteiger partial charge in [-0.2, -0.15) is 0 Å². The fourth-order valence-electron chi connectivity index (χ4n) is 2.83. The zero-order chi connectivity index (χ0) is 15.8. The van der Waals surface area contributed by atoms with Crippen LogP contribution < -0.4 is 0 Å². The van der Waals surface area contributed by atoms with Crippen molar-refractivity contribution in [3.8, 4) is 16.9 Å². The van der Waals surface area contributed by atoms with Gasteiger partial charge in [-0.1, -0.05) is 66.2 Å². The molecule has 2 aromatic heterocycles. The van der Waals surface area contributed by atoms with Crippen LogP contribution in [0.25, 0.3) is 27.7 Å². The summed E-state index contributed by atoms with van der Waals surface area (Å²) in [5.74, 6) is 0.797. The van der Waals surface area contributed by atoms with Crippen LogP contribution in [0.15, 0.2) is 67.1 Å². The van der Waals surface area contributed by atoms with Crippen molar-refractivity contribution < 1.29 is 0 Å². The van der Waals surface area contributed by atoms with E-state index in [1.54, 1.807) is 6.33 Å². The number of hydrogen-bond acceptors (Lipinski definition) is 2. The fraction of sp³-hybridized carbons (Fsp3) is 0.0526. The number of benzene rings is 2. The lowest BCUT2D eigenvalue weighted by molar-refractivity contribution is 1.01. The Bertz CT molecular complexity index is 990. The summed E-state index contributed by atoms with van der Waals surface area (Å²) in [6.07, 6.45) is 3.72. The molecule has 3 nitrogen and oxygen atoms in total. The van der Waals surface area contributed by atoms with Crippen LogP contribution in [0.4, 0.5) is 0 Å². The lowest BCUT2D eigenvalue weighted by Crippen LogP contribution is -1.98. The largest absolute Gasteiger partial charge is 0.290 e. The lowest BCUT2D eigenvalue weighted by Gasteiger charge is -2.13. The second-order valence-corrected chi connectivity index (χ2v) is 5.79. The molecule has 4 aromatic rings. The predicted molar refractivity (Wildman–Crippen MR) is 94.0 cm³/mol. The van der Waals surface area contributed by atoms with Gasteiger partial charge in [-0.05, 0) is 17.9 Å². The monoisotopic (exact) mass is 319 g/mol. The molecule has 0 atom stereocenters. The van der Waals surface area contributed by atoms with Crippen molar-refractivity contribution in [2.45, 2.75) is 6.92 Å². The van der Waals surface area contributed by atoms with Crippen LogP contribution in [-0.4, -0.2) is 14.5 Å². The zero-order valence-corrected chi connectivity index (χ0v) is 13.3. The van der Waals surface area contributed by atoms with Gasteiger partial charge < -0.3 is 0 Å². The Morgan fingerprint density at radius 2 is 1.61 bits per heavy atom. The van der Waals surface area contributed by atoms with E-state index in [4.69, 9.17) is 11.6 Å². The number of hydrogen-bond donors (Lipinski definition) is 0. The Kier molecular flexibility index (Phi) is 3.36. The van der Waals surface area contributed by atoms with Crippen molar-refractivity contribution >= 4 is 22.4 Å². The maximum atomic E-state index is 6.55. The first-order valence-electron chi connectivity index (χ1n) is 7.38. The number of rotatable bonds is 2. The topological polar surface area (TPSA) is 30.7 Å². The molecule has 2 aromatic carbocycles. The summed E-state index contributed by atoms with van der Waals surface area (Å²) < 4.78 is 1.92. The van der Waals surface area contributed by atoms with Crippen LogP contribution >= 0.6 is 11.6 Å². The molecule has 0 unspecified atom stereocenters. The normalized spacial score (nSPS) is 11.0. The van der Waals surface area contributed by atoms with Gasteiger partial charge >= 0.3 is 0 Å². The second-order valence-electron chi connectivity index (χ2n) is 5.44. The number of pyridine rings is 1. The predicted octanol–water partition coefficient (Wildman–Crippen LogP) is 5.05. The van der Waals surface area contributed by atoms with Crippen molar-refractivity contribution in [1.29, 1.82) is 0 Å². The second kappa shape index (κ2) is 5.52. The maximum Gasteiger partial charge on any atom is 0.147 e. The van der Waals surface area contributed by atoms with E-state index in [0.717, 1.165) is 33.4 Å². The molecule has 0 aliphatic heterocycles. The first kappa shape index (κ1) is 14.0. The number of aromatic nitrogens is 3. The van der Waals surface area contributed by atoms with E-state index in [1.165, 1.54) is 0 Å². The highest BCUT2D eigenvalue weighted by atomic mass is 35.5. The summed E-state index contributed by atoms with van der Waals surface area (Å²) in [7, 11) is 0. The summed E-state index contributed by atoms with van der Waals surface area (Å²) in [6.45, 7) is 1.96. The van der Waals surface area contributed by atoms with E-state index in [0.29, 0.717) is 5.15 Å². The van der Waals surface area contributed by atoms with Gasteiger partial charge in [-0.15, -0.1) is 0 Å². The molecular weight excluding hydrogens is 306 g/mol. The van der Waals surface area contributed by atoms with Crippen LogP contribution in [-0.2, 0) is 0 Å². The molecule has 0 spiro atoms. The highest BCUT2D eigenvalue weighted by molar-refractivity contribution is 6.34. The molecule has 0 aliphatic rings. The van der Waals surface area contributed by atoms with E-state index >= 15 is 0 Å². The molecule has 112 valence electrons. The quantitative estimate of drug-likeness (QED) is 0.484. The van der Waals surface area contributed by atoms with Gasteiger partial charge in [-0.3, -0.25) is 4.57 Å². The van der Waals surface area contributed by atoms with Crippen LogP contribution in [0.5, 0.6) is 0 Å². The van der Waals surface area contributed by atoms with Crippen LogP contribution in [0.1, 0.15) is 5.69 Å². The van der Waals surface area contributed by atoms with Gasteiger partial charge in [0.1, 0.15) is 17.3 Å². The van der Waals surface area contributed by atoms with Crippen molar-refractivity contribution in [3.63, 3.8) is 0 Å². The van der Waals surface area contributed by atoms with Crippen LogP contribution in [0.3, 0.4) is 0 Å². The van der Waals surface area contributed by atoms with Gasteiger partial charge in [0.25, 0.3) is 0 Å². The molecule has 0 amide bonds. The van der Waals surface area contributed by atoms with Gasteiger partial charge in [0.2, 0.25) is 0 Å². The minimum absolute atomic E-state index is 0.497. The smallest absolute Gasteiger partial charge is 0.147 e. The number of imidazole rings is 1. The van der Waals surface area contributed by atoms with Crippen molar-refractivity contribution in [3.05, 3.63) is 78.0 Å². The van der Waals surface area contributed by atoms with Gasteiger partial charge in [0.05, 0.1) is 5.69 Å². The molecule has 0 saturated heterocycles. The van der Waals surface area contributed by atoms with Crippen LogP contribution in [0, 0.1) is 6.92 Å². The number of aryl methyl sites for hydroxylation is 1. The summed E-state index contributed by atoms with van der Waals surface area (Å²) in [5.41, 5.74) is 2.97. The van der Waals surface area contributed by atoms with Crippen LogP contribution in [0.2, 0.25) is 5.15 Å². The summed E-state index contributed by atoms with van der Waals surface area (Å²) in [4.78, 5) is 8.94. The van der Waals surface area contributed by atoms with Crippen molar-refractivity contribution in [1.82, 2.24) is 14.5 Å². The standard InChI is InChI=1S/C19H14ClN3/c1-13-11-23(12-21-13)19-16-10-6-5-9-15(16)17(18(20)22-19)14-7-3-2-4-8-14/h2-12H,1H3. The summed E-state index contributed by atoms with van der Waals surface area (Å²) in [6, 6.07) is 18.3. The fourth-order valence-corrected chi connectivity index (χ4v) is 3.12. The summed E-state index contributed by atoms with van der Waals surface area (Å²) >= 11 is 6.55. The Balaban J connectivity index is 2.07. The molecule has 0 fully saturated rings. The van der Waals surface area contributed by atoms with E-state index in [-0.39, 0.29) is 0 Å². The highest BCUT2D eigenvalue weighted by Gasteiger charge is 2.15. The Morgan fingerprint density at radius 3 is 2.30 bits per heavy atom. The molecule has 2 heterocycles. The Morgan fingerprint density at radius 1 is 0.913 bits per heavy atom. The minimum Gasteiger partial charge on any atom is -0.290 e. The molecule has 0 N–H and O–H groups in total. The molecule has 0 bridgehead atoms. The molecule has 4 rings (SSSR count). The molecule has 0 radical (unpaired) electrons. The first-order chi connectivity index (χ1) is 11.2. The van der Waals surface area contributed by atoms with Gasteiger partial charge in [0.15, 0.2) is 0 Å². The van der Waals surface area contributed by atoms with Crippen molar-refractivity contribution in [2.75, 3.05) is 0 Å². The highest BCUT2D eigenvalue weighted by Crippen LogP contribution is 2.36. The Hall–Kier alpha value is -2.65. The number of halogens is 1. The third-order valence-corrected chi connectivity index (χ3v) is 4.14. The molecule has 0 aliphatic carbocycles. The van der Waals surface area contributed by atoms with E-state index < -0.39 is 0 Å². The molecule has 23 heavy (non-hydrogen) atoms. The summed E-state index contributed by atoms with van der Waals surface area (Å²) in [5, 5.41) is 2.63. The van der Waals surface area contributed by atoms with E-state index in [2.05, 4.69) is 34.2 Å². The van der Waals surface area contributed by atoms with Gasteiger partial charge in [0, 0.05) is 17.1 Å². The third kappa shape index (κ3) is 2.39. The van der Waals surface area contributed by atoms with Gasteiger partial charge in [-0.25, -0.2) is 9.97 Å². The molecular formula is C19H14ClN3. The maximum absolute atomic E-state index is 6.55.